The fourth-order valence-electron chi connectivity index (χ4n) is 3.28. The number of fused-ring (bicyclic) bond motifs is 1. The summed E-state index contributed by atoms with van der Waals surface area (Å²) in [6.07, 6.45) is 4.97. The Labute approximate surface area is 118 Å². The van der Waals surface area contributed by atoms with Crippen LogP contribution in [0.15, 0.2) is 24.3 Å². The van der Waals surface area contributed by atoms with Gasteiger partial charge in [0.15, 0.2) is 0 Å². The number of benzene rings is 1. The molecule has 1 aliphatic carbocycles. The predicted molar refractivity (Wildman–Crippen MR) is 82.1 cm³/mol. The second-order valence-corrected chi connectivity index (χ2v) is 6.03. The van der Waals surface area contributed by atoms with Crippen molar-refractivity contribution in [2.24, 2.45) is 5.73 Å². The van der Waals surface area contributed by atoms with E-state index >= 15 is 0 Å². The van der Waals surface area contributed by atoms with E-state index in [-0.39, 0.29) is 6.04 Å². The van der Waals surface area contributed by atoms with Gasteiger partial charge in [0.2, 0.25) is 0 Å². The molecule has 0 heterocycles. The van der Waals surface area contributed by atoms with Gasteiger partial charge in [-0.3, -0.25) is 4.90 Å². The van der Waals surface area contributed by atoms with Crippen LogP contribution in [-0.4, -0.2) is 17.5 Å². The molecule has 0 aliphatic heterocycles. The highest BCUT2D eigenvalue weighted by Crippen LogP contribution is 2.41. The Morgan fingerprint density at radius 3 is 2.53 bits per heavy atom. The minimum absolute atomic E-state index is 0.216. The Bertz CT molecular complexity index is 400. The Kier molecular flexibility index (Phi) is 5.00. The van der Waals surface area contributed by atoms with Gasteiger partial charge in [-0.1, -0.05) is 44.0 Å². The van der Waals surface area contributed by atoms with E-state index in [1.54, 1.807) is 0 Å². The number of rotatable bonds is 6. The zero-order valence-electron chi connectivity index (χ0n) is 12.6. The van der Waals surface area contributed by atoms with Gasteiger partial charge in [0.25, 0.3) is 0 Å². The van der Waals surface area contributed by atoms with E-state index in [1.165, 1.54) is 36.9 Å². The average Bonchev–Trinajstić information content (AvgIpc) is 2.72. The van der Waals surface area contributed by atoms with Gasteiger partial charge < -0.3 is 5.73 Å². The molecule has 2 N–H and O–H groups in total. The molecule has 0 saturated heterocycles. The molecule has 0 bridgehead atoms. The van der Waals surface area contributed by atoms with Gasteiger partial charge in [0.1, 0.15) is 0 Å². The fraction of sp³-hybridized carbons (Fsp3) is 0.647. The summed E-state index contributed by atoms with van der Waals surface area (Å²) in [5.74, 6) is 0. The monoisotopic (exact) mass is 260 g/mol. The number of unbranched alkanes of at least 4 members (excludes halogenated alkanes) is 2. The lowest BCUT2D eigenvalue weighted by Gasteiger charge is -2.33. The predicted octanol–water partition coefficient (Wildman–Crippen LogP) is 4.03. The Hall–Kier alpha value is -0.860. The molecule has 0 aromatic heterocycles. The molecule has 0 spiro atoms. The quantitative estimate of drug-likeness (QED) is 0.782. The molecule has 19 heavy (non-hydrogen) atoms. The lowest BCUT2D eigenvalue weighted by Crippen LogP contribution is -2.35. The Morgan fingerprint density at radius 1 is 1.21 bits per heavy atom. The number of nitrogens with zero attached hydrogens (tertiary/aromatic N) is 1. The summed E-state index contributed by atoms with van der Waals surface area (Å²) in [6.45, 7) is 8.06. The molecule has 0 amide bonds. The molecular formula is C17H28N2. The standard InChI is InChI=1S/C17H28N2/c1-4-5-8-11-19(13(2)3)17-12-16(18)14-9-6-7-10-15(14)17/h6-7,9-10,13,16-17H,4-5,8,11-12,18H2,1-3H3. The molecule has 1 aromatic carbocycles. The molecular weight excluding hydrogens is 232 g/mol. The van der Waals surface area contributed by atoms with Crippen molar-refractivity contribution in [2.45, 2.75) is 64.6 Å². The normalized spacial score (nSPS) is 22.2. The second kappa shape index (κ2) is 6.53. The third-order valence-electron chi connectivity index (χ3n) is 4.32. The molecule has 2 atom stereocenters. The van der Waals surface area contributed by atoms with Crippen LogP contribution in [0, 0.1) is 0 Å². The molecule has 2 rings (SSSR count). The van der Waals surface area contributed by atoms with Crippen molar-refractivity contribution in [3.8, 4) is 0 Å². The Morgan fingerprint density at radius 2 is 1.89 bits per heavy atom. The van der Waals surface area contributed by atoms with Crippen molar-refractivity contribution in [1.29, 1.82) is 0 Å². The largest absolute Gasteiger partial charge is 0.324 e. The minimum Gasteiger partial charge on any atom is -0.324 e. The van der Waals surface area contributed by atoms with E-state index < -0.39 is 0 Å². The van der Waals surface area contributed by atoms with Gasteiger partial charge in [-0.05, 0) is 44.4 Å². The molecule has 1 aliphatic rings. The molecule has 2 nitrogen and oxygen atoms in total. The van der Waals surface area contributed by atoms with Crippen LogP contribution in [-0.2, 0) is 0 Å². The van der Waals surface area contributed by atoms with Crippen molar-refractivity contribution in [3.05, 3.63) is 35.4 Å². The lowest BCUT2D eigenvalue weighted by atomic mass is 10.0. The van der Waals surface area contributed by atoms with Gasteiger partial charge in [-0.2, -0.15) is 0 Å². The van der Waals surface area contributed by atoms with Crippen LogP contribution in [0.25, 0.3) is 0 Å². The van der Waals surface area contributed by atoms with Crippen molar-refractivity contribution in [3.63, 3.8) is 0 Å². The zero-order valence-corrected chi connectivity index (χ0v) is 12.6. The summed E-state index contributed by atoms with van der Waals surface area (Å²) < 4.78 is 0. The van der Waals surface area contributed by atoms with Crippen molar-refractivity contribution in [2.75, 3.05) is 6.54 Å². The molecule has 0 fully saturated rings. The molecule has 2 unspecified atom stereocenters. The van der Waals surface area contributed by atoms with Crippen molar-refractivity contribution >= 4 is 0 Å². The molecule has 106 valence electrons. The topological polar surface area (TPSA) is 29.3 Å². The van der Waals surface area contributed by atoms with E-state index in [0.29, 0.717) is 12.1 Å². The summed E-state index contributed by atoms with van der Waals surface area (Å²) >= 11 is 0. The van der Waals surface area contributed by atoms with E-state index in [4.69, 9.17) is 5.73 Å². The van der Waals surface area contributed by atoms with Crippen LogP contribution < -0.4 is 5.73 Å². The molecule has 0 saturated carbocycles. The van der Waals surface area contributed by atoms with Gasteiger partial charge in [0.05, 0.1) is 0 Å². The summed E-state index contributed by atoms with van der Waals surface area (Å²) in [5.41, 5.74) is 9.12. The summed E-state index contributed by atoms with van der Waals surface area (Å²) in [5, 5.41) is 0. The Balaban J connectivity index is 2.15. The van der Waals surface area contributed by atoms with Crippen LogP contribution in [0.2, 0.25) is 0 Å². The van der Waals surface area contributed by atoms with Gasteiger partial charge in [-0.15, -0.1) is 0 Å². The SMILES string of the molecule is CCCCCN(C(C)C)C1CC(N)c2ccccc21. The maximum atomic E-state index is 6.30. The van der Waals surface area contributed by atoms with Crippen LogP contribution >= 0.6 is 0 Å². The van der Waals surface area contributed by atoms with E-state index in [9.17, 15) is 0 Å². The van der Waals surface area contributed by atoms with Crippen molar-refractivity contribution in [1.82, 2.24) is 4.90 Å². The third-order valence-corrected chi connectivity index (χ3v) is 4.32. The first kappa shape index (κ1) is 14.5. The third kappa shape index (κ3) is 3.18. The summed E-state index contributed by atoms with van der Waals surface area (Å²) in [4.78, 5) is 2.64. The molecule has 0 radical (unpaired) electrons. The first-order valence-electron chi connectivity index (χ1n) is 7.75. The fourth-order valence-corrected chi connectivity index (χ4v) is 3.28. The van der Waals surface area contributed by atoms with Crippen LogP contribution in [0.1, 0.15) is 69.7 Å². The second-order valence-electron chi connectivity index (χ2n) is 6.03. The van der Waals surface area contributed by atoms with E-state index in [0.717, 1.165) is 6.42 Å². The minimum atomic E-state index is 0.216. The van der Waals surface area contributed by atoms with Gasteiger partial charge in [0, 0.05) is 18.1 Å². The molecule has 1 aromatic rings. The van der Waals surface area contributed by atoms with Crippen LogP contribution in [0.3, 0.4) is 0 Å². The zero-order chi connectivity index (χ0) is 13.8. The van der Waals surface area contributed by atoms with Gasteiger partial charge in [-0.25, -0.2) is 0 Å². The number of hydrogen-bond donors (Lipinski definition) is 1. The van der Waals surface area contributed by atoms with E-state index in [2.05, 4.69) is 49.9 Å². The van der Waals surface area contributed by atoms with Crippen molar-refractivity contribution < 1.29 is 0 Å². The lowest BCUT2D eigenvalue weighted by molar-refractivity contribution is 0.146. The first-order chi connectivity index (χ1) is 9.15. The van der Waals surface area contributed by atoms with Gasteiger partial charge >= 0.3 is 0 Å². The highest BCUT2D eigenvalue weighted by molar-refractivity contribution is 5.37. The first-order valence-corrected chi connectivity index (χ1v) is 7.75. The number of hydrogen-bond acceptors (Lipinski definition) is 2. The highest BCUT2D eigenvalue weighted by Gasteiger charge is 2.33. The smallest absolute Gasteiger partial charge is 0.0372 e. The highest BCUT2D eigenvalue weighted by atomic mass is 15.2. The average molecular weight is 260 g/mol. The maximum Gasteiger partial charge on any atom is 0.0372 e. The molecule has 2 heteroatoms. The number of nitrogens with two attached hydrogens (primary N) is 1. The van der Waals surface area contributed by atoms with E-state index in [1.807, 2.05) is 0 Å². The van der Waals surface area contributed by atoms with Crippen LogP contribution in [0.4, 0.5) is 0 Å². The summed E-state index contributed by atoms with van der Waals surface area (Å²) in [7, 11) is 0. The maximum absolute atomic E-state index is 6.30. The summed E-state index contributed by atoms with van der Waals surface area (Å²) in [6, 6.07) is 10.0. The van der Waals surface area contributed by atoms with Crippen LogP contribution in [0.5, 0.6) is 0 Å².